The Labute approximate surface area is 160 Å². The number of carbonyl (C=O) groups is 3. The molecule has 3 N–H and O–H groups in total. The van der Waals surface area contributed by atoms with Gasteiger partial charge in [-0.1, -0.05) is 31.2 Å². The number of amides is 2. The number of hydrogen-bond acceptors (Lipinski definition) is 3. The fourth-order valence-corrected chi connectivity index (χ4v) is 3.63. The van der Waals surface area contributed by atoms with Crippen LogP contribution >= 0.6 is 0 Å². The summed E-state index contributed by atoms with van der Waals surface area (Å²) in [5.41, 5.74) is 2.49. The molecule has 1 aliphatic carbocycles. The summed E-state index contributed by atoms with van der Waals surface area (Å²) in [5.74, 6) is -1.24. The summed E-state index contributed by atoms with van der Waals surface area (Å²) in [6.45, 7) is 2.61. The Hall–Kier alpha value is -2.37. The normalized spacial score (nSPS) is 16.9. The van der Waals surface area contributed by atoms with Crippen molar-refractivity contribution in [3.8, 4) is 0 Å². The molecule has 0 fully saturated rings. The molecule has 2 unspecified atom stereocenters. The molecule has 6 heteroatoms. The van der Waals surface area contributed by atoms with Crippen LogP contribution in [0, 0.1) is 0 Å². The predicted molar refractivity (Wildman–Crippen MR) is 103 cm³/mol. The quantitative estimate of drug-likeness (QED) is 0.587. The van der Waals surface area contributed by atoms with Crippen LogP contribution in [0.2, 0.25) is 0 Å². The van der Waals surface area contributed by atoms with Gasteiger partial charge in [0.25, 0.3) is 0 Å². The fraction of sp³-hybridized carbons (Fsp3) is 0.571. The highest BCUT2D eigenvalue weighted by molar-refractivity contribution is 5.84. The Morgan fingerprint density at radius 2 is 1.93 bits per heavy atom. The molecule has 148 valence electrons. The zero-order chi connectivity index (χ0) is 19.6. The third-order valence-corrected chi connectivity index (χ3v) is 5.03. The van der Waals surface area contributed by atoms with Crippen LogP contribution < -0.4 is 10.6 Å². The summed E-state index contributed by atoms with van der Waals surface area (Å²) in [5, 5.41) is 14.9. The molecular formula is C21H30N2O4. The number of hydrogen-bond donors (Lipinski definition) is 3. The number of carbonyl (C=O) groups excluding carboxylic acids is 2. The molecule has 6 nitrogen and oxygen atoms in total. The van der Waals surface area contributed by atoms with E-state index in [1.807, 2.05) is 19.1 Å². The van der Waals surface area contributed by atoms with Gasteiger partial charge in [-0.2, -0.15) is 0 Å². The number of aliphatic carboxylic acids is 1. The minimum Gasteiger partial charge on any atom is -0.480 e. The zero-order valence-corrected chi connectivity index (χ0v) is 16.0. The van der Waals surface area contributed by atoms with Crippen molar-refractivity contribution in [2.24, 2.45) is 0 Å². The van der Waals surface area contributed by atoms with E-state index in [-0.39, 0.29) is 30.6 Å². The van der Waals surface area contributed by atoms with Crippen LogP contribution in [0.25, 0.3) is 0 Å². The lowest BCUT2D eigenvalue weighted by Crippen LogP contribution is -2.42. The van der Waals surface area contributed by atoms with Gasteiger partial charge in [0.2, 0.25) is 11.8 Å². The van der Waals surface area contributed by atoms with E-state index >= 15 is 0 Å². The Bertz CT molecular complexity index is 659. The Balaban J connectivity index is 1.84. The maximum Gasteiger partial charge on any atom is 0.326 e. The molecular weight excluding hydrogens is 344 g/mol. The van der Waals surface area contributed by atoms with Gasteiger partial charge in [-0.05, 0) is 55.6 Å². The first-order chi connectivity index (χ1) is 13.0. The molecule has 0 bridgehead atoms. The lowest BCUT2D eigenvalue weighted by Gasteiger charge is -2.28. The van der Waals surface area contributed by atoms with E-state index in [0.29, 0.717) is 19.4 Å². The molecule has 0 saturated heterocycles. The number of nitrogens with one attached hydrogen (secondary N) is 2. The van der Waals surface area contributed by atoms with Gasteiger partial charge < -0.3 is 15.7 Å². The van der Waals surface area contributed by atoms with Crippen molar-refractivity contribution >= 4 is 17.8 Å². The summed E-state index contributed by atoms with van der Waals surface area (Å²) in [4.78, 5) is 35.3. The van der Waals surface area contributed by atoms with Gasteiger partial charge in [0.15, 0.2) is 0 Å². The van der Waals surface area contributed by atoms with Crippen molar-refractivity contribution in [3.63, 3.8) is 0 Å². The van der Waals surface area contributed by atoms with Crippen LogP contribution in [0.15, 0.2) is 24.3 Å². The summed E-state index contributed by atoms with van der Waals surface area (Å²) in [7, 11) is 0. The van der Waals surface area contributed by atoms with Gasteiger partial charge in [-0.15, -0.1) is 0 Å². The molecule has 27 heavy (non-hydrogen) atoms. The zero-order valence-electron chi connectivity index (χ0n) is 16.0. The third-order valence-electron chi connectivity index (χ3n) is 5.03. The van der Waals surface area contributed by atoms with Crippen LogP contribution in [-0.2, 0) is 20.8 Å². The van der Waals surface area contributed by atoms with E-state index in [9.17, 15) is 19.5 Å². The molecule has 0 aliphatic heterocycles. The van der Waals surface area contributed by atoms with E-state index in [1.165, 1.54) is 11.1 Å². The summed E-state index contributed by atoms with van der Waals surface area (Å²) in [6.07, 6.45) is 5.12. The number of carboxylic acids is 1. The van der Waals surface area contributed by atoms with Gasteiger partial charge in [-0.25, -0.2) is 4.79 Å². The molecule has 0 spiro atoms. The van der Waals surface area contributed by atoms with Gasteiger partial charge in [0.1, 0.15) is 6.04 Å². The Morgan fingerprint density at radius 1 is 1.19 bits per heavy atom. The molecule has 1 aromatic carbocycles. The topological polar surface area (TPSA) is 95.5 Å². The monoisotopic (exact) mass is 374 g/mol. The van der Waals surface area contributed by atoms with Crippen LogP contribution in [0.1, 0.15) is 68.9 Å². The van der Waals surface area contributed by atoms with E-state index in [4.69, 9.17) is 0 Å². The van der Waals surface area contributed by atoms with Gasteiger partial charge >= 0.3 is 5.97 Å². The van der Waals surface area contributed by atoms with Crippen LogP contribution in [0.4, 0.5) is 0 Å². The van der Waals surface area contributed by atoms with Crippen molar-refractivity contribution in [2.75, 3.05) is 6.54 Å². The van der Waals surface area contributed by atoms with Crippen LogP contribution in [-0.4, -0.2) is 35.5 Å². The van der Waals surface area contributed by atoms with Gasteiger partial charge in [-0.3, -0.25) is 9.59 Å². The number of fused-ring (bicyclic) bond motifs is 1. The standard InChI is InChI=1S/C21H30N2O4/c1-2-13-22-19(24)11-6-12-20(25)23-18(21(26)27)14-16-9-5-8-15-7-3-4-10-17(15)16/h3-4,7,10,16,18H,2,5-6,8-9,11-14H2,1H3,(H,22,24)(H,23,25)(H,26,27). The average Bonchev–Trinajstić information content (AvgIpc) is 2.66. The molecule has 0 heterocycles. The summed E-state index contributed by atoms with van der Waals surface area (Å²) in [6, 6.07) is 7.25. The highest BCUT2D eigenvalue weighted by Gasteiger charge is 2.28. The maximum atomic E-state index is 12.1. The molecule has 2 atom stereocenters. The second-order valence-electron chi connectivity index (χ2n) is 7.19. The summed E-state index contributed by atoms with van der Waals surface area (Å²) < 4.78 is 0. The number of carboxylic acid groups (broad SMARTS) is 1. The number of aryl methyl sites for hydroxylation is 1. The van der Waals surface area contributed by atoms with Crippen LogP contribution in [0.5, 0.6) is 0 Å². The minimum atomic E-state index is -1.01. The van der Waals surface area contributed by atoms with Gasteiger partial charge in [0.05, 0.1) is 0 Å². The average molecular weight is 374 g/mol. The number of benzene rings is 1. The lowest BCUT2D eigenvalue weighted by molar-refractivity contribution is -0.142. The first-order valence-electron chi connectivity index (χ1n) is 9.88. The van der Waals surface area contributed by atoms with E-state index in [0.717, 1.165) is 25.7 Å². The Kier molecular flexibility index (Phi) is 8.30. The molecule has 0 saturated carbocycles. The molecule has 0 radical (unpaired) electrons. The third kappa shape index (κ3) is 6.70. The largest absolute Gasteiger partial charge is 0.480 e. The van der Waals surface area contributed by atoms with Crippen molar-refractivity contribution in [3.05, 3.63) is 35.4 Å². The van der Waals surface area contributed by atoms with E-state index in [1.54, 1.807) is 0 Å². The van der Waals surface area contributed by atoms with Crippen molar-refractivity contribution in [2.45, 2.75) is 70.3 Å². The van der Waals surface area contributed by atoms with Crippen molar-refractivity contribution < 1.29 is 19.5 Å². The molecule has 1 aliphatic rings. The first-order valence-corrected chi connectivity index (χ1v) is 9.88. The van der Waals surface area contributed by atoms with Crippen molar-refractivity contribution in [1.29, 1.82) is 0 Å². The molecule has 2 amide bonds. The van der Waals surface area contributed by atoms with Crippen molar-refractivity contribution in [1.82, 2.24) is 10.6 Å². The predicted octanol–water partition coefficient (Wildman–Crippen LogP) is 2.76. The van der Waals surface area contributed by atoms with E-state index < -0.39 is 12.0 Å². The second-order valence-corrected chi connectivity index (χ2v) is 7.19. The first kappa shape index (κ1) is 20.9. The molecule has 0 aromatic heterocycles. The second kappa shape index (κ2) is 10.7. The number of rotatable bonds is 10. The smallest absolute Gasteiger partial charge is 0.326 e. The maximum absolute atomic E-state index is 12.1. The SMILES string of the molecule is CCCNC(=O)CCCC(=O)NC(CC1CCCc2ccccc21)C(=O)O. The Morgan fingerprint density at radius 3 is 2.67 bits per heavy atom. The lowest BCUT2D eigenvalue weighted by atomic mass is 9.79. The minimum absolute atomic E-state index is 0.0711. The highest BCUT2D eigenvalue weighted by atomic mass is 16.4. The summed E-state index contributed by atoms with van der Waals surface area (Å²) >= 11 is 0. The highest BCUT2D eigenvalue weighted by Crippen LogP contribution is 2.34. The van der Waals surface area contributed by atoms with Gasteiger partial charge in [0, 0.05) is 19.4 Å². The van der Waals surface area contributed by atoms with E-state index in [2.05, 4.69) is 22.8 Å². The fourth-order valence-electron chi connectivity index (χ4n) is 3.63. The molecule has 2 rings (SSSR count). The van der Waals surface area contributed by atoms with Crippen LogP contribution in [0.3, 0.4) is 0 Å². The molecule has 1 aromatic rings.